The van der Waals surface area contributed by atoms with Crippen LogP contribution in [0.5, 0.6) is 0 Å². The van der Waals surface area contributed by atoms with Crippen molar-refractivity contribution < 1.29 is 47.1 Å². The number of carbonyl (C=O) groups is 3. The van der Waals surface area contributed by atoms with Gasteiger partial charge in [-0.3, -0.25) is 19.3 Å². The van der Waals surface area contributed by atoms with Crippen LogP contribution in [-0.2, 0) is 32.7 Å². The predicted molar refractivity (Wildman–Crippen MR) is 148 cm³/mol. The predicted octanol–water partition coefficient (Wildman–Crippen LogP) is 7.74. The molecule has 3 aromatic rings. The number of hydrogen-bond donors (Lipinski definition) is 0. The molecule has 0 N–H and O–H groups in total. The van der Waals surface area contributed by atoms with E-state index in [9.17, 15) is 14.4 Å². The minimum Gasteiger partial charge on any atom is -0.352 e. The summed E-state index contributed by atoms with van der Waals surface area (Å²) in [4.78, 5) is 41.3. The topological polar surface area (TPSA) is 57.7 Å². The fourth-order valence-electron chi connectivity index (χ4n) is 3.34. The first-order valence-corrected chi connectivity index (χ1v) is 9.70. The van der Waals surface area contributed by atoms with Crippen LogP contribution in [0.15, 0.2) is 54.6 Å². The van der Waals surface area contributed by atoms with Crippen molar-refractivity contribution in [2.24, 2.45) is 0 Å². The molecule has 4 rings (SSSR count). The Balaban J connectivity index is -0.000000586. The van der Waals surface area contributed by atoms with Gasteiger partial charge in [0.25, 0.3) is 11.8 Å². The molecule has 3 aromatic carbocycles. The van der Waals surface area contributed by atoms with Crippen molar-refractivity contribution in [1.29, 1.82) is 0 Å². The summed E-state index contributed by atoms with van der Waals surface area (Å²) < 4.78 is 0. The van der Waals surface area contributed by atoms with Crippen molar-refractivity contribution in [3.05, 3.63) is 77.4 Å². The zero-order valence-corrected chi connectivity index (χ0v) is 20.4. The molecule has 5 nitrogen and oxygen atoms in total. The van der Waals surface area contributed by atoms with E-state index in [0.29, 0.717) is 34.3 Å². The summed E-state index contributed by atoms with van der Waals surface area (Å²) in [6.45, 7) is 6.43. The second kappa shape index (κ2) is 17.1. The second-order valence-corrected chi connectivity index (χ2v) is 6.45. The SMILES string of the molecule is C.C.C.C.C.CC.CCN(C)C(=O)c1c[c-]cc(N2C(=O)c3cccc4cccc(c34)C2=O)c1.[Y]. The van der Waals surface area contributed by atoms with Crippen molar-refractivity contribution in [2.45, 2.75) is 57.9 Å². The molecule has 1 heterocycles. The first-order chi connectivity index (χ1) is 14.0. The van der Waals surface area contributed by atoms with E-state index < -0.39 is 11.8 Å². The van der Waals surface area contributed by atoms with Gasteiger partial charge in [0.1, 0.15) is 0 Å². The molecule has 0 bridgehead atoms. The summed E-state index contributed by atoms with van der Waals surface area (Å²) in [6.07, 6.45) is 0. The van der Waals surface area contributed by atoms with E-state index in [2.05, 4.69) is 6.07 Å². The molecule has 0 saturated carbocycles. The molecule has 0 spiro atoms. The molecule has 191 valence electrons. The normalized spacial score (nSPS) is 10.3. The van der Waals surface area contributed by atoms with E-state index >= 15 is 0 Å². The van der Waals surface area contributed by atoms with E-state index in [1.54, 1.807) is 54.4 Å². The molecule has 1 aliphatic rings. The first-order valence-electron chi connectivity index (χ1n) is 9.70. The van der Waals surface area contributed by atoms with Crippen molar-refractivity contribution >= 4 is 34.2 Å². The van der Waals surface area contributed by atoms with Crippen molar-refractivity contribution in [2.75, 3.05) is 18.5 Å². The maximum atomic E-state index is 13.1. The Kier molecular flexibility index (Phi) is 19.5. The molecule has 1 radical (unpaired) electrons. The van der Waals surface area contributed by atoms with Gasteiger partial charge in [-0.25, -0.2) is 0 Å². The van der Waals surface area contributed by atoms with Crippen LogP contribution in [0.3, 0.4) is 0 Å². The Morgan fingerprint density at radius 1 is 0.886 bits per heavy atom. The summed E-state index contributed by atoms with van der Waals surface area (Å²) in [7, 11) is 1.70. The fourth-order valence-corrected chi connectivity index (χ4v) is 3.34. The molecular weight excluding hydrogens is 513 g/mol. The fraction of sp³-hybridized carbons (Fsp3) is 0.345. The monoisotopic (exact) mass is 556 g/mol. The molecule has 6 heteroatoms. The standard InChI is InChI=1S/C22H17N2O3.C2H6.5CH4.Y/c1-3-23(2)20(25)15-9-4-10-16(13-15)24-21(26)17-11-5-7-14-8-6-12-18(19(14)17)22(24)27;1-2;;;;;;/h5-13H,3H2,1-2H3;1-2H3;5*1H4;/q-1;;;;;;;. The molecule has 0 fully saturated rings. The number of imide groups is 1. The second-order valence-electron chi connectivity index (χ2n) is 6.45. The number of rotatable bonds is 3. The summed E-state index contributed by atoms with van der Waals surface area (Å²) in [5, 5.41) is 1.53. The minimum atomic E-state index is -0.397. The third kappa shape index (κ3) is 7.31. The Hall–Kier alpha value is -2.37. The molecule has 0 saturated heterocycles. The zero-order chi connectivity index (χ0) is 21.1. The Morgan fingerprint density at radius 3 is 1.83 bits per heavy atom. The molecule has 3 amide bonds. The number of amides is 3. The number of carbonyl (C=O) groups excluding carboxylic acids is 3. The van der Waals surface area contributed by atoms with Gasteiger partial charge in [0.2, 0.25) is 0 Å². The van der Waals surface area contributed by atoms with Crippen LogP contribution >= 0.6 is 0 Å². The van der Waals surface area contributed by atoms with Crippen molar-refractivity contribution in [3.8, 4) is 0 Å². The van der Waals surface area contributed by atoms with Gasteiger partial charge in [0.05, 0.1) is 0 Å². The maximum Gasteiger partial charge on any atom is 0.254 e. The molecule has 0 aliphatic carbocycles. The van der Waals surface area contributed by atoms with Gasteiger partial charge >= 0.3 is 0 Å². The first kappa shape index (κ1) is 39.8. The number of anilines is 1. The van der Waals surface area contributed by atoms with Gasteiger partial charge in [-0.15, -0.1) is 6.07 Å². The molecule has 1 aliphatic heterocycles. The molecular formula is C29H43N2O3Y-. The largest absolute Gasteiger partial charge is 0.352 e. The molecule has 0 atom stereocenters. The van der Waals surface area contributed by atoms with E-state index in [0.717, 1.165) is 10.3 Å². The van der Waals surface area contributed by atoms with Gasteiger partial charge in [-0.2, -0.15) is 18.2 Å². The van der Waals surface area contributed by atoms with E-state index in [-0.39, 0.29) is 75.7 Å². The molecule has 0 unspecified atom stereocenters. The molecule has 0 aromatic heterocycles. The van der Waals surface area contributed by atoms with E-state index in [1.807, 2.05) is 32.9 Å². The average Bonchev–Trinajstić information content (AvgIpc) is 2.78. The number of hydrogen-bond acceptors (Lipinski definition) is 3. The minimum absolute atomic E-state index is 0. The van der Waals surface area contributed by atoms with Crippen LogP contribution in [0, 0.1) is 6.07 Å². The molecule has 35 heavy (non-hydrogen) atoms. The summed E-state index contributed by atoms with van der Waals surface area (Å²) in [6, 6.07) is 18.4. The van der Waals surface area contributed by atoms with Crippen LogP contribution < -0.4 is 4.90 Å². The van der Waals surface area contributed by atoms with Crippen LogP contribution in [0.2, 0.25) is 0 Å². The average molecular weight is 557 g/mol. The van der Waals surface area contributed by atoms with Gasteiger partial charge in [0, 0.05) is 62.8 Å². The van der Waals surface area contributed by atoms with Crippen molar-refractivity contribution in [3.63, 3.8) is 0 Å². The third-order valence-electron chi connectivity index (χ3n) is 4.87. The Bertz CT molecular complexity index is 1060. The van der Waals surface area contributed by atoms with Crippen molar-refractivity contribution in [1.82, 2.24) is 4.90 Å². The van der Waals surface area contributed by atoms with Crippen LogP contribution in [0.1, 0.15) is 89.0 Å². The van der Waals surface area contributed by atoms with E-state index in [4.69, 9.17) is 0 Å². The summed E-state index contributed by atoms with van der Waals surface area (Å²) >= 11 is 0. The van der Waals surface area contributed by atoms with Gasteiger partial charge < -0.3 is 4.90 Å². The third-order valence-corrected chi connectivity index (χ3v) is 4.87. The van der Waals surface area contributed by atoms with E-state index in [1.165, 1.54) is 0 Å². The Morgan fingerprint density at radius 2 is 1.37 bits per heavy atom. The summed E-state index contributed by atoms with van der Waals surface area (Å²) in [5.41, 5.74) is 1.68. The quantitative estimate of drug-likeness (QED) is 0.245. The summed E-state index contributed by atoms with van der Waals surface area (Å²) in [5.74, 6) is -0.979. The smallest absolute Gasteiger partial charge is 0.254 e. The zero-order valence-electron chi connectivity index (χ0n) is 17.6. The number of nitrogens with zero attached hydrogens (tertiary/aromatic N) is 2. The van der Waals surface area contributed by atoms with Gasteiger partial charge in [0.15, 0.2) is 5.91 Å². The maximum absolute atomic E-state index is 13.1. The van der Waals surface area contributed by atoms with Gasteiger partial charge in [-0.05, 0) is 24.4 Å². The van der Waals surface area contributed by atoms with Crippen LogP contribution in [-0.4, -0.2) is 36.2 Å². The Labute approximate surface area is 238 Å². The van der Waals surface area contributed by atoms with Crippen LogP contribution in [0.25, 0.3) is 10.8 Å². The van der Waals surface area contributed by atoms with Gasteiger partial charge in [-0.1, -0.05) is 86.5 Å². The van der Waals surface area contributed by atoms with Crippen LogP contribution in [0.4, 0.5) is 5.69 Å². The number of benzene rings is 3.